The van der Waals surface area contributed by atoms with Crippen LogP contribution in [-0.2, 0) is 16.0 Å². The average molecular weight is 476 g/mol. The number of aliphatic carboxylic acids is 1. The maximum Gasteiger partial charge on any atom is 0.303 e. The Morgan fingerprint density at radius 3 is 2.43 bits per heavy atom. The van der Waals surface area contributed by atoms with Crippen molar-refractivity contribution in [3.8, 4) is 11.4 Å². The molecule has 0 radical (unpaired) electrons. The van der Waals surface area contributed by atoms with Crippen LogP contribution in [-0.4, -0.2) is 56.5 Å². The Hall–Kier alpha value is -3.26. The summed E-state index contributed by atoms with van der Waals surface area (Å²) in [5, 5.41) is 16.4. The number of carboxylic acids is 1. The van der Waals surface area contributed by atoms with Gasteiger partial charge in [-0.2, -0.15) is 5.10 Å². The van der Waals surface area contributed by atoms with E-state index in [0.29, 0.717) is 18.2 Å². The maximum atomic E-state index is 10.9. The predicted octanol–water partition coefficient (Wildman–Crippen LogP) is 4.48. The van der Waals surface area contributed by atoms with Crippen molar-refractivity contribution in [1.29, 1.82) is 0 Å². The second kappa shape index (κ2) is 11.0. The quantitative estimate of drug-likeness (QED) is 0.495. The fourth-order valence-corrected chi connectivity index (χ4v) is 5.21. The molecule has 0 amide bonds. The number of rotatable bonds is 8. The number of carbonyl (C=O) groups is 1. The highest BCUT2D eigenvalue weighted by atomic mass is 16.5. The van der Waals surface area contributed by atoms with Gasteiger partial charge in [0.25, 0.3) is 0 Å². The van der Waals surface area contributed by atoms with Crippen LogP contribution >= 0.6 is 0 Å². The van der Waals surface area contributed by atoms with Crippen molar-refractivity contribution in [2.75, 3.05) is 18.0 Å². The third kappa shape index (κ3) is 6.25. The topological polar surface area (TPSA) is 104 Å². The molecule has 0 spiro atoms. The first-order valence-electron chi connectivity index (χ1n) is 12.7. The van der Waals surface area contributed by atoms with Crippen molar-refractivity contribution in [2.24, 2.45) is 5.92 Å². The number of nitrogens with one attached hydrogen (secondary N) is 1. The predicted molar refractivity (Wildman–Crippen MR) is 133 cm³/mol. The fourth-order valence-electron chi connectivity index (χ4n) is 5.21. The van der Waals surface area contributed by atoms with Gasteiger partial charge >= 0.3 is 5.97 Å². The number of hydrogen-bond donors (Lipinski definition) is 2. The van der Waals surface area contributed by atoms with E-state index in [1.165, 1.54) is 5.56 Å². The van der Waals surface area contributed by atoms with Gasteiger partial charge in [-0.05, 0) is 62.1 Å². The Bertz CT molecular complexity index is 1090. The highest BCUT2D eigenvalue weighted by molar-refractivity contribution is 5.67. The lowest BCUT2D eigenvalue weighted by atomic mass is 9.85. The zero-order valence-corrected chi connectivity index (χ0v) is 20.0. The highest BCUT2D eigenvalue weighted by Crippen LogP contribution is 2.31. The van der Waals surface area contributed by atoms with Gasteiger partial charge in [0.2, 0.25) is 0 Å². The molecular weight excluding hydrogens is 442 g/mol. The summed E-state index contributed by atoms with van der Waals surface area (Å²) in [5.41, 5.74) is 2.10. The first-order chi connectivity index (χ1) is 17.1. The molecule has 2 fully saturated rings. The Morgan fingerprint density at radius 1 is 1.00 bits per heavy atom. The molecule has 1 saturated carbocycles. The summed E-state index contributed by atoms with van der Waals surface area (Å²) in [6.45, 7) is 1.85. The second-order valence-corrected chi connectivity index (χ2v) is 9.74. The molecule has 8 heteroatoms. The lowest BCUT2D eigenvalue weighted by Gasteiger charge is -2.36. The molecule has 2 aromatic heterocycles. The van der Waals surface area contributed by atoms with Gasteiger partial charge in [0.1, 0.15) is 11.6 Å². The third-order valence-corrected chi connectivity index (χ3v) is 7.16. The summed E-state index contributed by atoms with van der Waals surface area (Å²) in [6, 6.07) is 14.3. The summed E-state index contributed by atoms with van der Waals surface area (Å²) in [7, 11) is 0. The number of aromatic nitrogens is 4. The number of ether oxygens (including phenoxy) is 1. The van der Waals surface area contributed by atoms with Gasteiger partial charge in [-0.3, -0.25) is 9.89 Å². The van der Waals surface area contributed by atoms with Gasteiger partial charge in [-0.25, -0.2) is 9.97 Å². The number of piperidine rings is 1. The normalized spacial score (nSPS) is 21.2. The van der Waals surface area contributed by atoms with Gasteiger partial charge < -0.3 is 14.7 Å². The molecule has 0 unspecified atom stereocenters. The summed E-state index contributed by atoms with van der Waals surface area (Å²) in [5.74, 6) is 2.11. The molecule has 3 heterocycles. The van der Waals surface area contributed by atoms with Gasteiger partial charge in [0, 0.05) is 37.7 Å². The number of anilines is 1. The van der Waals surface area contributed by atoms with E-state index >= 15 is 0 Å². The summed E-state index contributed by atoms with van der Waals surface area (Å²) < 4.78 is 6.38. The lowest BCUT2D eigenvalue weighted by Crippen LogP contribution is -2.39. The molecule has 1 aromatic carbocycles. The molecule has 0 bridgehead atoms. The molecule has 5 rings (SSSR count). The monoisotopic (exact) mass is 475 g/mol. The van der Waals surface area contributed by atoms with E-state index in [1.807, 2.05) is 36.5 Å². The number of pyridine rings is 1. The smallest absolute Gasteiger partial charge is 0.303 e. The number of hydrogen-bond acceptors (Lipinski definition) is 6. The molecule has 35 heavy (non-hydrogen) atoms. The molecule has 2 N–H and O–H groups in total. The Labute approximate surface area is 205 Å². The number of nitrogens with zero attached hydrogens (tertiary/aromatic N) is 4. The SMILES string of the molecule is O=C(O)CC1CCC(OC2CCN(c3ccc(-c4n[nH]c(Cc5ccccc5)n4)cn3)CC2)CC1. The van der Waals surface area contributed by atoms with Gasteiger partial charge in [0.15, 0.2) is 5.82 Å². The molecule has 1 saturated heterocycles. The summed E-state index contributed by atoms with van der Waals surface area (Å²) in [6.07, 6.45) is 9.29. The molecule has 1 aliphatic carbocycles. The van der Waals surface area contributed by atoms with Crippen molar-refractivity contribution in [1.82, 2.24) is 20.2 Å². The van der Waals surface area contributed by atoms with Crippen LogP contribution in [0.3, 0.4) is 0 Å². The molecule has 184 valence electrons. The van der Waals surface area contributed by atoms with Crippen LogP contribution in [0.25, 0.3) is 11.4 Å². The number of aromatic amines is 1. The largest absolute Gasteiger partial charge is 0.481 e. The lowest BCUT2D eigenvalue weighted by molar-refractivity contribution is -0.138. The fraction of sp³-hybridized carbons (Fsp3) is 0.481. The standard InChI is InChI=1S/C27H33N5O3/c33-26(34)17-20-6-9-22(10-7-20)35-23-12-14-32(15-13-23)25-11-8-21(18-28-25)27-29-24(30-31-27)16-19-4-2-1-3-5-19/h1-5,8,11,18,20,22-23H,6-7,9-10,12-17H2,(H,33,34)(H,29,30,31). The van der Waals surface area contributed by atoms with E-state index in [9.17, 15) is 4.79 Å². The van der Waals surface area contributed by atoms with Gasteiger partial charge in [-0.1, -0.05) is 30.3 Å². The highest BCUT2D eigenvalue weighted by Gasteiger charge is 2.28. The van der Waals surface area contributed by atoms with Crippen molar-refractivity contribution in [2.45, 2.75) is 63.6 Å². The number of benzene rings is 1. The second-order valence-electron chi connectivity index (χ2n) is 9.74. The van der Waals surface area contributed by atoms with Crippen molar-refractivity contribution >= 4 is 11.8 Å². The first kappa shape index (κ1) is 23.5. The van der Waals surface area contributed by atoms with E-state index in [-0.39, 0.29) is 12.2 Å². The van der Waals surface area contributed by atoms with Crippen LogP contribution in [0.2, 0.25) is 0 Å². The first-order valence-corrected chi connectivity index (χ1v) is 12.7. The van der Waals surface area contributed by atoms with Crippen LogP contribution in [0.1, 0.15) is 56.3 Å². The van der Waals surface area contributed by atoms with E-state index in [1.54, 1.807) is 0 Å². The third-order valence-electron chi connectivity index (χ3n) is 7.16. The van der Waals surface area contributed by atoms with E-state index in [2.05, 4.69) is 37.2 Å². The van der Waals surface area contributed by atoms with Crippen molar-refractivity contribution in [3.63, 3.8) is 0 Å². The Balaban J connectivity index is 1.09. The zero-order valence-electron chi connectivity index (χ0n) is 20.0. The minimum Gasteiger partial charge on any atom is -0.481 e. The van der Waals surface area contributed by atoms with Crippen LogP contribution in [0, 0.1) is 5.92 Å². The molecule has 2 aliphatic rings. The average Bonchev–Trinajstić information content (AvgIpc) is 3.35. The van der Waals surface area contributed by atoms with E-state index in [4.69, 9.17) is 9.84 Å². The van der Waals surface area contributed by atoms with E-state index < -0.39 is 5.97 Å². The van der Waals surface area contributed by atoms with Crippen molar-refractivity contribution < 1.29 is 14.6 Å². The maximum absolute atomic E-state index is 10.9. The Morgan fingerprint density at radius 2 is 1.74 bits per heavy atom. The minimum atomic E-state index is -0.684. The molecular formula is C27H33N5O3. The molecule has 1 aliphatic heterocycles. The van der Waals surface area contributed by atoms with E-state index in [0.717, 1.165) is 75.2 Å². The van der Waals surface area contributed by atoms with Gasteiger partial charge in [0.05, 0.1) is 12.2 Å². The van der Waals surface area contributed by atoms with Crippen LogP contribution in [0.15, 0.2) is 48.7 Å². The molecule has 0 atom stereocenters. The van der Waals surface area contributed by atoms with Crippen LogP contribution in [0.5, 0.6) is 0 Å². The van der Waals surface area contributed by atoms with Crippen LogP contribution < -0.4 is 4.90 Å². The van der Waals surface area contributed by atoms with Crippen molar-refractivity contribution in [3.05, 3.63) is 60.0 Å². The summed E-state index contributed by atoms with van der Waals surface area (Å²) in [4.78, 5) is 22.6. The zero-order chi connectivity index (χ0) is 24.0. The van der Waals surface area contributed by atoms with Crippen LogP contribution in [0.4, 0.5) is 5.82 Å². The minimum absolute atomic E-state index is 0.280. The summed E-state index contributed by atoms with van der Waals surface area (Å²) >= 11 is 0. The molecule has 8 nitrogen and oxygen atoms in total. The number of H-pyrrole nitrogens is 1. The van der Waals surface area contributed by atoms with Gasteiger partial charge in [-0.15, -0.1) is 0 Å². The Kier molecular flexibility index (Phi) is 7.37. The number of carboxylic acid groups (broad SMARTS) is 1. The molecule has 3 aromatic rings.